The molecule has 0 unspecified atom stereocenters. The maximum atomic E-state index is 11.5. The fourth-order valence-electron chi connectivity index (χ4n) is 2.12. The molecular weight excluding hydrogens is 402 g/mol. The highest BCUT2D eigenvalue weighted by Crippen LogP contribution is 2.31. The van der Waals surface area contributed by atoms with Crippen LogP contribution in [0.5, 0.6) is 0 Å². The topological polar surface area (TPSA) is 111 Å². The average Bonchev–Trinajstić information content (AvgIpc) is 2.87. The van der Waals surface area contributed by atoms with E-state index in [1.807, 2.05) is 6.07 Å². The van der Waals surface area contributed by atoms with Crippen molar-refractivity contribution in [3.05, 3.63) is 34.6 Å². The first-order chi connectivity index (χ1) is 11.8. The van der Waals surface area contributed by atoms with Crippen LogP contribution in [0, 0.1) is 0 Å². The summed E-state index contributed by atoms with van der Waals surface area (Å²) in [5.41, 5.74) is 7.07. The fourth-order valence-corrected chi connectivity index (χ4v) is 4.67. The number of anilines is 2. The van der Waals surface area contributed by atoms with Crippen LogP contribution in [0.4, 0.5) is 11.5 Å². The van der Waals surface area contributed by atoms with Crippen LogP contribution >= 0.6 is 34.7 Å². The highest BCUT2D eigenvalue weighted by Gasteiger charge is 2.10. The molecule has 0 aromatic carbocycles. The zero-order chi connectivity index (χ0) is 18.0. The van der Waals surface area contributed by atoms with Gasteiger partial charge in [-0.05, 0) is 12.5 Å². The standard InChI is InChI=1S/C14H14ClN5O2S3/c1-25(21,22)20-10-7-24-11-6-17-8(4-9(10)11)2-3-23-14-18-12(15)5-13(16)19-14/h4-7,20H,2-3H2,1H3,(H2,16,18,19). The summed E-state index contributed by atoms with van der Waals surface area (Å²) >= 11 is 8.73. The lowest BCUT2D eigenvalue weighted by molar-refractivity contribution is 0.607. The molecule has 0 aliphatic heterocycles. The van der Waals surface area contributed by atoms with Crippen molar-refractivity contribution in [2.75, 3.05) is 22.5 Å². The number of nitrogens with one attached hydrogen (secondary N) is 1. The van der Waals surface area contributed by atoms with Crippen molar-refractivity contribution in [3.8, 4) is 0 Å². The number of thioether (sulfide) groups is 1. The number of thiophene rings is 1. The normalized spacial score (nSPS) is 11.8. The monoisotopic (exact) mass is 415 g/mol. The summed E-state index contributed by atoms with van der Waals surface area (Å²) in [5.74, 6) is 1.02. The molecule has 11 heteroatoms. The number of aromatic nitrogens is 3. The van der Waals surface area contributed by atoms with Crippen LogP contribution in [-0.2, 0) is 16.4 Å². The number of fused-ring (bicyclic) bond motifs is 1. The van der Waals surface area contributed by atoms with Gasteiger partial charge in [-0.3, -0.25) is 9.71 Å². The molecule has 0 aliphatic rings. The maximum Gasteiger partial charge on any atom is 0.229 e. The minimum absolute atomic E-state index is 0.310. The average molecular weight is 416 g/mol. The van der Waals surface area contributed by atoms with E-state index in [4.69, 9.17) is 17.3 Å². The molecule has 3 N–H and O–H groups in total. The molecule has 0 radical (unpaired) electrons. The van der Waals surface area contributed by atoms with Crippen LogP contribution in [-0.4, -0.2) is 35.4 Å². The summed E-state index contributed by atoms with van der Waals surface area (Å²) in [6.45, 7) is 0. The third-order valence-corrected chi connectivity index (χ3v) is 5.66. The summed E-state index contributed by atoms with van der Waals surface area (Å²) < 4.78 is 26.4. The highest BCUT2D eigenvalue weighted by molar-refractivity contribution is 7.99. The number of nitrogen functional groups attached to an aromatic ring is 1. The molecule has 0 amide bonds. The van der Waals surface area contributed by atoms with Crippen LogP contribution in [0.1, 0.15) is 5.69 Å². The van der Waals surface area contributed by atoms with E-state index >= 15 is 0 Å². The lowest BCUT2D eigenvalue weighted by atomic mass is 10.2. The smallest absolute Gasteiger partial charge is 0.229 e. The molecule has 0 aliphatic carbocycles. The van der Waals surface area contributed by atoms with Crippen LogP contribution in [0.3, 0.4) is 0 Å². The van der Waals surface area contributed by atoms with Gasteiger partial charge in [0.05, 0.1) is 16.6 Å². The van der Waals surface area contributed by atoms with Gasteiger partial charge in [-0.15, -0.1) is 11.3 Å². The number of hydrogen-bond donors (Lipinski definition) is 2. The van der Waals surface area contributed by atoms with Crippen molar-refractivity contribution < 1.29 is 8.42 Å². The quantitative estimate of drug-likeness (QED) is 0.361. The van der Waals surface area contributed by atoms with Gasteiger partial charge in [-0.1, -0.05) is 23.4 Å². The zero-order valence-corrected chi connectivity index (χ0v) is 16.3. The van der Waals surface area contributed by atoms with E-state index in [0.717, 1.165) is 22.0 Å². The maximum absolute atomic E-state index is 11.5. The molecule has 7 nitrogen and oxygen atoms in total. The van der Waals surface area contributed by atoms with E-state index in [1.165, 1.54) is 29.2 Å². The van der Waals surface area contributed by atoms with E-state index in [9.17, 15) is 8.42 Å². The molecule has 25 heavy (non-hydrogen) atoms. The Morgan fingerprint density at radius 3 is 2.88 bits per heavy atom. The second kappa shape index (κ2) is 7.32. The van der Waals surface area contributed by atoms with Crippen LogP contribution in [0.15, 0.2) is 28.9 Å². The van der Waals surface area contributed by atoms with Crippen LogP contribution in [0.25, 0.3) is 10.1 Å². The Morgan fingerprint density at radius 2 is 2.16 bits per heavy atom. The van der Waals surface area contributed by atoms with E-state index in [0.29, 0.717) is 34.0 Å². The molecule has 0 bridgehead atoms. The predicted octanol–water partition coefficient (Wildman–Crippen LogP) is 3.03. The van der Waals surface area contributed by atoms with Crippen LogP contribution in [0.2, 0.25) is 5.15 Å². The molecule has 3 aromatic rings. The molecule has 3 rings (SSSR count). The number of pyridine rings is 1. The molecule has 0 atom stereocenters. The summed E-state index contributed by atoms with van der Waals surface area (Å²) in [4.78, 5) is 12.6. The fraction of sp³-hybridized carbons (Fsp3) is 0.214. The van der Waals surface area contributed by atoms with Crippen molar-refractivity contribution in [2.45, 2.75) is 11.6 Å². The van der Waals surface area contributed by atoms with Gasteiger partial charge in [-0.25, -0.2) is 18.4 Å². The zero-order valence-electron chi connectivity index (χ0n) is 13.1. The second-order valence-electron chi connectivity index (χ2n) is 5.19. The van der Waals surface area contributed by atoms with Gasteiger partial charge >= 0.3 is 0 Å². The molecule has 0 spiro atoms. The van der Waals surface area contributed by atoms with Gasteiger partial charge in [-0.2, -0.15) is 0 Å². The van der Waals surface area contributed by atoms with Gasteiger partial charge < -0.3 is 5.73 Å². The molecule has 3 heterocycles. The number of nitrogens with zero attached hydrogens (tertiary/aromatic N) is 3. The van der Waals surface area contributed by atoms with Gasteiger partial charge in [0.2, 0.25) is 10.0 Å². The SMILES string of the molecule is CS(=O)(=O)Nc1csc2cnc(CCSc3nc(N)cc(Cl)n3)cc12. The number of aryl methyl sites for hydroxylation is 1. The Morgan fingerprint density at radius 1 is 1.36 bits per heavy atom. The van der Waals surface area contributed by atoms with Crippen molar-refractivity contribution in [1.82, 2.24) is 15.0 Å². The predicted molar refractivity (Wildman–Crippen MR) is 104 cm³/mol. The molecule has 0 saturated carbocycles. The van der Waals surface area contributed by atoms with Gasteiger partial charge in [0, 0.05) is 34.5 Å². The first-order valence-electron chi connectivity index (χ1n) is 7.07. The van der Waals surface area contributed by atoms with E-state index < -0.39 is 10.0 Å². The Hall–Kier alpha value is -1.62. The lowest BCUT2D eigenvalue weighted by Crippen LogP contribution is -2.09. The minimum atomic E-state index is -3.32. The van der Waals surface area contributed by atoms with Crippen LogP contribution < -0.4 is 10.5 Å². The Bertz CT molecular complexity index is 1000. The van der Waals surface area contributed by atoms with Crippen molar-refractivity contribution >= 4 is 66.3 Å². The molecule has 0 saturated heterocycles. The first kappa shape index (κ1) is 18.2. The molecule has 132 valence electrons. The Kier molecular flexibility index (Phi) is 5.32. The summed E-state index contributed by atoms with van der Waals surface area (Å²) in [6.07, 6.45) is 3.55. The molecular formula is C14H14ClN5O2S3. The van der Waals surface area contributed by atoms with E-state index in [1.54, 1.807) is 11.6 Å². The number of sulfonamides is 1. The van der Waals surface area contributed by atoms with Crippen molar-refractivity contribution in [1.29, 1.82) is 0 Å². The minimum Gasteiger partial charge on any atom is -0.384 e. The second-order valence-corrected chi connectivity index (χ2v) is 9.30. The number of rotatable bonds is 6. The largest absolute Gasteiger partial charge is 0.384 e. The summed E-state index contributed by atoms with van der Waals surface area (Å²) in [6, 6.07) is 3.39. The first-order valence-corrected chi connectivity index (χ1v) is 11.2. The molecule has 3 aromatic heterocycles. The van der Waals surface area contributed by atoms with Gasteiger partial charge in [0.1, 0.15) is 11.0 Å². The third-order valence-electron chi connectivity index (χ3n) is 3.10. The van der Waals surface area contributed by atoms with Gasteiger partial charge in [0.15, 0.2) is 5.16 Å². The highest BCUT2D eigenvalue weighted by atomic mass is 35.5. The Labute approximate surface area is 158 Å². The Balaban J connectivity index is 1.72. The lowest BCUT2D eigenvalue weighted by Gasteiger charge is -2.04. The summed E-state index contributed by atoms with van der Waals surface area (Å²) in [7, 11) is -3.32. The number of halogens is 1. The van der Waals surface area contributed by atoms with Gasteiger partial charge in [0.25, 0.3) is 0 Å². The van der Waals surface area contributed by atoms with Crippen molar-refractivity contribution in [3.63, 3.8) is 0 Å². The number of nitrogens with two attached hydrogens (primary N) is 1. The third kappa shape index (κ3) is 4.94. The summed E-state index contributed by atoms with van der Waals surface area (Å²) in [5, 5.41) is 3.44. The molecule has 0 fully saturated rings. The van der Waals surface area contributed by atoms with Crippen molar-refractivity contribution in [2.24, 2.45) is 0 Å². The van der Waals surface area contributed by atoms with E-state index in [-0.39, 0.29) is 0 Å². The van der Waals surface area contributed by atoms with E-state index in [2.05, 4.69) is 19.7 Å². The number of hydrogen-bond acceptors (Lipinski definition) is 8.